The first-order valence-corrected chi connectivity index (χ1v) is 11.2. The van der Waals surface area contributed by atoms with E-state index in [1.54, 1.807) is 6.08 Å². The number of rotatable bonds is 8. The van der Waals surface area contributed by atoms with Gasteiger partial charge in [0, 0.05) is 6.61 Å². The fourth-order valence-electron chi connectivity index (χ4n) is 3.54. The number of allylic oxidation sites excluding steroid dienone is 2. The Labute approximate surface area is 159 Å². The second kappa shape index (κ2) is 9.11. The Hall–Kier alpha value is -1.97. The van der Waals surface area contributed by atoms with Gasteiger partial charge in [-0.05, 0) is 41.3 Å². The lowest BCUT2D eigenvalue weighted by Gasteiger charge is -2.43. The van der Waals surface area contributed by atoms with Crippen LogP contribution in [0.2, 0.25) is 5.04 Å². The van der Waals surface area contributed by atoms with Crippen LogP contribution in [0.4, 0.5) is 0 Å². The smallest absolute Gasteiger partial charge is 0.261 e. The molecule has 26 heavy (non-hydrogen) atoms. The number of carbonyl (C=O) groups excluding carboxylic acids is 1. The largest absolute Gasteiger partial charge is 0.407 e. The summed E-state index contributed by atoms with van der Waals surface area (Å²) >= 11 is 0. The van der Waals surface area contributed by atoms with Crippen LogP contribution in [-0.2, 0) is 9.22 Å². The van der Waals surface area contributed by atoms with E-state index in [0.717, 1.165) is 24.7 Å². The molecule has 2 aromatic rings. The van der Waals surface area contributed by atoms with E-state index in [2.05, 4.69) is 81.4 Å². The maximum absolute atomic E-state index is 10.6. The molecule has 0 aliphatic carbocycles. The molecule has 0 atom stereocenters. The molecule has 0 amide bonds. The van der Waals surface area contributed by atoms with Crippen molar-refractivity contribution >= 4 is 25.0 Å². The van der Waals surface area contributed by atoms with Gasteiger partial charge in [0.25, 0.3) is 8.32 Å². The number of carbonyl (C=O) groups is 1. The van der Waals surface area contributed by atoms with Crippen LogP contribution < -0.4 is 10.4 Å². The molecule has 0 spiro atoms. The van der Waals surface area contributed by atoms with Gasteiger partial charge in [-0.1, -0.05) is 87.0 Å². The van der Waals surface area contributed by atoms with Crippen molar-refractivity contribution in [2.75, 3.05) is 6.61 Å². The third-order valence-electron chi connectivity index (χ3n) is 4.80. The van der Waals surface area contributed by atoms with Crippen molar-refractivity contribution in [3.8, 4) is 0 Å². The number of hydrogen-bond donors (Lipinski definition) is 0. The summed E-state index contributed by atoms with van der Waals surface area (Å²) in [6.45, 7) is 9.55. The topological polar surface area (TPSA) is 26.3 Å². The number of hydrogen-bond acceptors (Lipinski definition) is 2. The van der Waals surface area contributed by atoms with E-state index < -0.39 is 8.32 Å². The van der Waals surface area contributed by atoms with E-state index in [1.165, 1.54) is 10.4 Å². The van der Waals surface area contributed by atoms with Crippen molar-refractivity contribution in [3.63, 3.8) is 0 Å². The maximum Gasteiger partial charge on any atom is 0.261 e. The predicted octanol–water partition coefficient (Wildman–Crippen LogP) is 4.49. The highest BCUT2D eigenvalue weighted by Crippen LogP contribution is 2.36. The monoisotopic (exact) mass is 366 g/mol. The summed E-state index contributed by atoms with van der Waals surface area (Å²) in [6.07, 6.45) is 4.30. The molecular formula is C23H30O2Si. The van der Waals surface area contributed by atoms with E-state index in [4.69, 9.17) is 4.43 Å². The molecule has 0 aromatic heterocycles. The summed E-state index contributed by atoms with van der Waals surface area (Å²) in [4.78, 5) is 10.6. The Morgan fingerprint density at radius 2 is 1.46 bits per heavy atom. The lowest BCUT2D eigenvalue weighted by atomic mass is 10.2. The molecule has 138 valence electrons. The Morgan fingerprint density at radius 1 is 0.962 bits per heavy atom. The second-order valence-electron chi connectivity index (χ2n) is 7.76. The second-order valence-corrected chi connectivity index (χ2v) is 12.1. The standard InChI is InChI=1S/C23H30O2Si/c1-20(17-18-24)12-11-19-25-26(23(2,3)4,21-13-7-5-8-14-21)22-15-9-6-10-16-22/h5-10,13-18H,11-12,19H2,1-4H3/b20-17-. The van der Waals surface area contributed by atoms with Gasteiger partial charge < -0.3 is 4.43 Å². The van der Waals surface area contributed by atoms with E-state index in [0.29, 0.717) is 6.61 Å². The molecule has 2 rings (SSSR count). The minimum atomic E-state index is -2.43. The van der Waals surface area contributed by atoms with E-state index in [9.17, 15) is 4.79 Å². The summed E-state index contributed by atoms with van der Waals surface area (Å²) in [5, 5.41) is 2.61. The van der Waals surface area contributed by atoms with Gasteiger partial charge in [-0.3, -0.25) is 4.79 Å². The van der Waals surface area contributed by atoms with Crippen LogP contribution in [0.15, 0.2) is 72.3 Å². The molecule has 0 saturated carbocycles. The first-order chi connectivity index (χ1) is 12.4. The van der Waals surface area contributed by atoms with E-state index >= 15 is 0 Å². The fourth-order valence-corrected chi connectivity index (χ4v) is 8.14. The molecule has 2 aromatic carbocycles. The molecular weight excluding hydrogens is 336 g/mol. The van der Waals surface area contributed by atoms with Gasteiger partial charge in [-0.15, -0.1) is 0 Å². The molecule has 3 heteroatoms. The zero-order valence-electron chi connectivity index (χ0n) is 16.4. The van der Waals surface area contributed by atoms with Crippen LogP contribution in [0.3, 0.4) is 0 Å². The van der Waals surface area contributed by atoms with Crippen molar-refractivity contribution in [1.82, 2.24) is 0 Å². The summed E-state index contributed by atoms with van der Waals surface area (Å²) in [6, 6.07) is 21.4. The highest BCUT2D eigenvalue weighted by atomic mass is 28.4. The third kappa shape index (κ3) is 4.60. The molecule has 0 heterocycles. The molecule has 0 aliphatic rings. The van der Waals surface area contributed by atoms with Crippen LogP contribution in [0.5, 0.6) is 0 Å². The molecule has 0 radical (unpaired) electrons. The normalized spacial score (nSPS) is 12.8. The SMILES string of the molecule is C/C(=C/C=O)CCCO[Si](c1ccccc1)(c1ccccc1)C(C)(C)C. The predicted molar refractivity (Wildman–Crippen MR) is 113 cm³/mol. The molecule has 0 bridgehead atoms. The first-order valence-electron chi connectivity index (χ1n) is 9.28. The van der Waals surface area contributed by atoms with Gasteiger partial charge in [-0.25, -0.2) is 0 Å². The van der Waals surface area contributed by atoms with Gasteiger partial charge in [0.15, 0.2) is 0 Å². The zero-order chi connectivity index (χ0) is 19.0. The molecule has 0 N–H and O–H groups in total. The summed E-state index contributed by atoms with van der Waals surface area (Å²) in [7, 11) is -2.43. The van der Waals surface area contributed by atoms with Crippen LogP contribution in [0.25, 0.3) is 0 Å². The Kier molecular flexibility index (Phi) is 7.12. The summed E-state index contributed by atoms with van der Waals surface area (Å²) in [5.74, 6) is 0. The molecule has 0 unspecified atom stereocenters. The molecule has 0 fully saturated rings. The quantitative estimate of drug-likeness (QED) is 0.298. The molecule has 0 aliphatic heterocycles. The zero-order valence-corrected chi connectivity index (χ0v) is 17.4. The molecule has 0 saturated heterocycles. The van der Waals surface area contributed by atoms with Crippen molar-refractivity contribution in [2.45, 2.75) is 45.6 Å². The van der Waals surface area contributed by atoms with Crippen LogP contribution in [0.1, 0.15) is 40.5 Å². The van der Waals surface area contributed by atoms with Crippen molar-refractivity contribution in [1.29, 1.82) is 0 Å². The lowest BCUT2D eigenvalue weighted by molar-refractivity contribution is -0.104. The van der Waals surface area contributed by atoms with Gasteiger partial charge in [0.05, 0.1) is 0 Å². The van der Waals surface area contributed by atoms with Gasteiger partial charge in [0.2, 0.25) is 0 Å². The summed E-state index contributed by atoms with van der Waals surface area (Å²) < 4.78 is 6.82. The number of benzene rings is 2. The Morgan fingerprint density at radius 3 is 1.88 bits per heavy atom. The average molecular weight is 367 g/mol. The summed E-state index contributed by atoms with van der Waals surface area (Å²) in [5.41, 5.74) is 1.10. The minimum absolute atomic E-state index is 0.00336. The van der Waals surface area contributed by atoms with E-state index in [1.807, 2.05) is 6.92 Å². The van der Waals surface area contributed by atoms with Gasteiger partial charge in [0.1, 0.15) is 6.29 Å². The van der Waals surface area contributed by atoms with Crippen molar-refractivity contribution < 1.29 is 9.22 Å². The fraction of sp³-hybridized carbons (Fsp3) is 0.348. The highest BCUT2D eigenvalue weighted by Gasteiger charge is 2.49. The third-order valence-corrected chi connectivity index (χ3v) is 9.85. The Bertz CT molecular complexity index is 675. The van der Waals surface area contributed by atoms with Crippen LogP contribution >= 0.6 is 0 Å². The maximum atomic E-state index is 10.6. The Balaban J connectivity index is 2.38. The molecule has 2 nitrogen and oxygen atoms in total. The number of aldehydes is 1. The van der Waals surface area contributed by atoms with Gasteiger partial charge in [-0.2, -0.15) is 0 Å². The van der Waals surface area contributed by atoms with Crippen molar-refractivity contribution in [3.05, 3.63) is 72.3 Å². The van der Waals surface area contributed by atoms with E-state index in [-0.39, 0.29) is 5.04 Å². The van der Waals surface area contributed by atoms with Crippen molar-refractivity contribution in [2.24, 2.45) is 0 Å². The van der Waals surface area contributed by atoms with Gasteiger partial charge >= 0.3 is 0 Å². The highest BCUT2D eigenvalue weighted by molar-refractivity contribution is 6.99. The first kappa shape index (κ1) is 20.3. The minimum Gasteiger partial charge on any atom is -0.407 e. The van der Waals surface area contributed by atoms with Crippen LogP contribution in [-0.4, -0.2) is 21.2 Å². The average Bonchev–Trinajstić information content (AvgIpc) is 2.62. The van der Waals surface area contributed by atoms with Crippen LogP contribution in [0, 0.1) is 0 Å². The lowest BCUT2D eigenvalue weighted by Crippen LogP contribution is -2.66.